The molecule has 1 atom stereocenters. The highest BCUT2D eigenvalue weighted by Gasteiger charge is 2.30. The van der Waals surface area contributed by atoms with Crippen LogP contribution in [0.1, 0.15) is 70.9 Å². The van der Waals surface area contributed by atoms with E-state index in [1.807, 2.05) is 60.7 Å². The summed E-state index contributed by atoms with van der Waals surface area (Å²) >= 11 is 0. The first-order valence-corrected chi connectivity index (χ1v) is 12.1. The van der Waals surface area contributed by atoms with Crippen LogP contribution in [-0.2, 0) is 37.1 Å². The van der Waals surface area contributed by atoms with E-state index in [2.05, 4.69) is 6.92 Å². The number of esters is 1. The predicted molar refractivity (Wildman–Crippen MR) is 133 cm³/mol. The normalized spacial score (nSPS) is 12.0. The van der Waals surface area contributed by atoms with E-state index in [0.29, 0.717) is 6.42 Å². The SMILES string of the molecule is CCCCC[C@@H](CC(=O)N(Cc1ccccc1)OCc1ccccc1)C(=O)OC(=O)OC(C)(C)C. The van der Waals surface area contributed by atoms with E-state index in [1.54, 1.807) is 20.8 Å². The van der Waals surface area contributed by atoms with Crippen LogP contribution in [0.25, 0.3) is 0 Å². The van der Waals surface area contributed by atoms with Gasteiger partial charge in [-0.15, -0.1) is 0 Å². The number of hydroxylamine groups is 2. The maximum atomic E-state index is 13.3. The van der Waals surface area contributed by atoms with Crippen LogP contribution in [0.3, 0.4) is 0 Å². The topological polar surface area (TPSA) is 82.1 Å². The number of hydrogen-bond donors (Lipinski definition) is 0. The van der Waals surface area contributed by atoms with Gasteiger partial charge in [-0.05, 0) is 38.3 Å². The number of amides is 1. The second-order valence-corrected chi connectivity index (χ2v) is 9.46. The van der Waals surface area contributed by atoms with E-state index in [4.69, 9.17) is 14.3 Å². The molecule has 0 N–H and O–H groups in total. The van der Waals surface area contributed by atoms with Crippen molar-refractivity contribution in [2.45, 2.75) is 78.6 Å². The molecule has 7 heteroatoms. The number of benzene rings is 2. The molecule has 1 amide bonds. The Kier molecular flexibility index (Phi) is 11.4. The second kappa shape index (κ2) is 14.3. The summed E-state index contributed by atoms with van der Waals surface area (Å²) in [5.74, 6) is -1.89. The summed E-state index contributed by atoms with van der Waals surface area (Å²) in [5, 5.41) is 1.29. The molecule has 0 unspecified atom stereocenters. The quantitative estimate of drug-likeness (QED) is 0.154. The zero-order valence-corrected chi connectivity index (χ0v) is 21.2. The van der Waals surface area contributed by atoms with Gasteiger partial charge in [-0.25, -0.2) is 9.86 Å². The molecule has 2 aromatic carbocycles. The number of ether oxygens (including phenoxy) is 2. The molecule has 7 nitrogen and oxygen atoms in total. The molecular weight excluding hydrogens is 446 g/mol. The molecule has 0 spiro atoms. The number of nitrogens with zero attached hydrogens (tertiary/aromatic N) is 1. The van der Waals surface area contributed by atoms with Crippen molar-refractivity contribution in [3.05, 3.63) is 71.8 Å². The maximum Gasteiger partial charge on any atom is 0.516 e. The Balaban J connectivity index is 2.12. The Morgan fingerprint density at radius 3 is 2.06 bits per heavy atom. The summed E-state index contributed by atoms with van der Waals surface area (Å²) in [5.41, 5.74) is 1.03. The maximum absolute atomic E-state index is 13.3. The third-order valence-electron chi connectivity index (χ3n) is 5.16. The highest BCUT2D eigenvalue weighted by molar-refractivity contribution is 5.87. The van der Waals surface area contributed by atoms with Crippen LogP contribution in [0.5, 0.6) is 0 Å². The Morgan fingerprint density at radius 1 is 0.886 bits per heavy atom. The van der Waals surface area contributed by atoms with Crippen molar-refractivity contribution in [2.24, 2.45) is 5.92 Å². The van der Waals surface area contributed by atoms with Gasteiger partial charge in [0, 0.05) is 6.42 Å². The first kappa shape index (κ1) is 28.1. The zero-order chi connectivity index (χ0) is 25.7. The molecule has 0 aliphatic heterocycles. The molecule has 0 saturated carbocycles. The minimum atomic E-state index is -1.06. The fourth-order valence-corrected chi connectivity index (χ4v) is 3.37. The lowest BCUT2D eigenvalue weighted by Gasteiger charge is -2.24. The fraction of sp³-hybridized carbons (Fsp3) is 0.464. The van der Waals surface area contributed by atoms with Gasteiger partial charge in [0.2, 0.25) is 5.91 Å². The lowest BCUT2D eigenvalue weighted by molar-refractivity contribution is -0.197. The molecule has 0 heterocycles. The summed E-state index contributed by atoms with van der Waals surface area (Å²) in [6, 6.07) is 19.0. The second-order valence-electron chi connectivity index (χ2n) is 9.46. The van der Waals surface area contributed by atoms with E-state index < -0.39 is 23.6 Å². The summed E-state index contributed by atoms with van der Waals surface area (Å²) in [6.45, 7) is 7.56. The van der Waals surface area contributed by atoms with Gasteiger partial charge in [0.05, 0.1) is 12.5 Å². The number of carbonyl (C=O) groups excluding carboxylic acids is 3. The largest absolute Gasteiger partial charge is 0.516 e. The van der Waals surface area contributed by atoms with E-state index in [1.165, 1.54) is 5.06 Å². The Bertz CT molecular complexity index is 923. The van der Waals surface area contributed by atoms with Crippen LogP contribution in [0.15, 0.2) is 60.7 Å². The minimum Gasteiger partial charge on any atom is -0.428 e. The lowest BCUT2D eigenvalue weighted by atomic mass is 9.97. The molecule has 0 saturated heterocycles. The third-order valence-corrected chi connectivity index (χ3v) is 5.16. The van der Waals surface area contributed by atoms with E-state index in [-0.39, 0.29) is 25.5 Å². The van der Waals surface area contributed by atoms with Gasteiger partial charge in [0.25, 0.3) is 0 Å². The van der Waals surface area contributed by atoms with Crippen LogP contribution in [0.2, 0.25) is 0 Å². The van der Waals surface area contributed by atoms with Crippen molar-refractivity contribution in [2.75, 3.05) is 0 Å². The van der Waals surface area contributed by atoms with E-state index >= 15 is 0 Å². The Labute approximate surface area is 208 Å². The molecule has 0 aromatic heterocycles. The van der Waals surface area contributed by atoms with Crippen LogP contribution >= 0.6 is 0 Å². The van der Waals surface area contributed by atoms with Gasteiger partial charge in [0.15, 0.2) is 0 Å². The molecule has 190 valence electrons. The lowest BCUT2D eigenvalue weighted by Crippen LogP contribution is -2.35. The van der Waals surface area contributed by atoms with Gasteiger partial charge in [-0.1, -0.05) is 86.8 Å². The molecule has 2 rings (SSSR count). The highest BCUT2D eigenvalue weighted by atomic mass is 16.7. The standard InChI is InChI=1S/C28H37NO6/c1-5-6-9-18-24(26(31)34-27(32)35-28(2,3)4)19-25(30)29(20-22-14-10-7-11-15-22)33-21-23-16-12-8-13-17-23/h7-8,10-17,24H,5-6,9,18-21H2,1-4H3/t24-/m0/s1. The molecule has 2 aromatic rings. The first-order chi connectivity index (χ1) is 16.7. The average Bonchev–Trinajstić information content (AvgIpc) is 2.81. The van der Waals surface area contributed by atoms with Crippen molar-refractivity contribution in [3.63, 3.8) is 0 Å². The molecule has 35 heavy (non-hydrogen) atoms. The van der Waals surface area contributed by atoms with Crippen LogP contribution in [-0.4, -0.2) is 28.7 Å². The molecule has 0 aliphatic carbocycles. The van der Waals surface area contributed by atoms with Crippen LogP contribution < -0.4 is 0 Å². The summed E-state index contributed by atoms with van der Waals surface area (Å²) in [6.07, 6.45) is 1.84. The number of unbranched alkanes of at least 4 members (excludes halogenated alkanes) is 2. The predicted octanol–water partition coefficient (Wildman–Crippen LogP) is 6.21. The summed E-state index contributed by atoms with van der Waals surface area (Å²) in [7, 11) is 0. The smallest absolute Gasteiger partial charge is 0.428 e. The zero-order valence-electron chi connectivity index (χ0n) is 21.2. The third kappa shape index (κ3) is 11.2. The molecular formula is C28H37NO6. The van der Waals surface area contributed by atoms with E-state index in [9.17, 15) is 14.4 Å². The van der Waals surface area contributed by atoms with Gasteiger partial charge in [0.1, 0.15) is 12.2 Å². The molecule has 0 radical (unpaired) electrons. The van der Waals surface area contributed by atoms with Gasteiger partial charge in [-0.2, -0.15) is 0 Å². The van der Waals surface area contributed by atoms with Crippen molar-refractivity contribution in [3.8, 4) is 0 Å². The van der Waals surface area contributed by atoms with Crippen molar-refractivity contribution in [1.82, 2.24) is 5.06 Å². The Hall–Kier alpha value is -3.19. The highest BCUT2D eigenvalue weighted by Crippen LogP contribution is 2.20. The van der Waals surface area contributed by atoms with Gasteiger partial charge >= 0.3 is 12.1 Å². The molecule has 0 fully saturated rings. The fourth-order valence-electron chi connectivity index (χ4n) is 3.37. The van der Waals surface area contributed by atoms with Crippen molar-refractivity contribution in [1.29, 1.82) is 0 Å². The summed E-state index contributed by atoms with van der Waals surface area (Å²) in [4.78, 5) is 44.0. The number of carbonyl (C=O) groups is 3. The van der Waals surface area contributed by atoms with Crippen LogP contribution in [0.4, 0.5) is 4.79 Å². The monoisotopic (exact) mass is 483 g/mol. The molecule has 0 bridgehead atoms. The number of rotatable bonds is 12. The minimum absolute atomic E-state index is 0.132. The molecule has 0 aliphatic rings. The van der Waals surface area contributed by atoms with Gasteiger partial charge in [-0.3, -0.25) is 14.4 Å². The van der Waals surface area contributed by atoms with E-state index in [0.717, 1.165) is 30.4 Å². The average molecular weight is 484 g/mol. The van der Waals surface area contributed by atoms with Gasteiger partial charge < -0.3 is 9.47 Å². The van der Waals surface area contributed by atoms with Crippen molar-refractivity contribution >= 4 is 18.0 Å². The number of hydrogen-bond acceptors (Lipinski definition) is 6. The first-order valence-electron chi connectivity index (χ1n) is 12.1. The van der Waals surface area contributed by atoms with Crippen LogP contribution in [0, 0.1) is 5.92 Å². The Morgan fingerprint density at radius 2 is 1.49 bits per heavy atom. The van der Waals surface area contributed by atoms with Crippen molar-refractivity contribution < 1.29 is 28.7 Å². The summed E-state index contributed by atoms with van der Waals surface area (Å²) < 4.78 is 10.0.